The van der Waals surface area contributed by atoms with E-state index in [9.17, 15) is 0 Å². The van der Waals surface area contributed by atoms with E-state index in [4.69, 9.17) is 5.73 Å². The van der Waals surface area contributed by atoms with E-state index in [0.717, 1.165) is 30.2 Å². The van der Waals surface area contributed by atoms with Gasteiger partial charge < -0.3 is 11.1 Å². The Balaban J connectivity index is 2.44. The fraction of sp³-hybridized carbons (Fsp3) is 0.571. The van der Waals surface area contributed by atoms with Crippen LogP contribution in [0.25, 0.3) is 0 Å². The van der Waals surface area contributed by atoms with Crippen LogP contribution in [0, 0.1) is 0 Å². The van der Waals surface area contributed by atoms with E-state index >= 15 is 0 Å². The number of hydrogen-bond donors (Lipinski definition) is 2. The summed E-state index contributed by atoms with van der Waals surface area (Å²) in [7, 11) is 1.88. The minimum absolute atomic E-state index is 0.742. The van der Waals surface area contributed by atoms with Crippen LogP contribution in [0.1, 0.15) is 12.1 Å². The smallest absolute Gasteiger partial charge is 0.182 e. The molecule has 1 heterocycles. The summed E-state index contributed by atoms with van der Waals surface area (Å²) in [5.41, 5.74) is 6.52. The van der Waals surface area contributed by atoms with E-state index < -0.39 is 0 Å². The molecule has 0 amide bonds. The van der Waals surface area contributed by atoms with Crippen molar-refractivity contribution in [2.75, 3.05) is 18.9 Å². The zero-order chi connectivity index (χ0) is 8.10. The van der Waals surface area contributed by atoms with Gasteiger partial charge in [0.15, 0.2) is 5.13 Å². The molecule has 1 aromatic heterocycles. The number of thiazole rings is 1. The lowest BCUT2D eigenvalue weighted by Gasteiger charge is -1.92. The monoisotopic (exact) mass is 171 g/mol. The van der Waals surface area contributed by atoms with Crippen molar-refractivity contribution in [2.45, 2.75) is 12.8 Å². The average Bonchev–Trinajstić information content (AvgIpc) is 2.48. The van der Waals surface area contributed by atoms with Crippen LogP contribution in [-0.2, 0) is 6.42 Å². The van der Waals surface area contributed by atoms with Gasteiger partial charge in [0.25, 0.3) is 0 Å². The summed E-state index contributed by atoms with van der Waals surface area (Å²) in [6.07, 6.45) is 2.02. The van der Waals surface area contributed by atoms with E-state index in [1.165, 1.54) is 0 Å². The Hall–Kier alpha value is -0.610. The Morgan fingerprint density at radius 1 is 1.73 bits per heavy atom. The van der Waals surface area contributed by atoms with Crippen LogP contribution in [-0.4, -0.2) is 18.6 Å². The van der Waals surface area contributed by atoms with Gasteiger partial charge in [-0.05, 0) is 19.4 Å². The second-order valence-electron chi connectivity index (χ2n) is 2.29. The number of rotatable bonds is 4. The molecule has 0 fully saturated rings. The van der Waals surface area contributed by atoms with Gasteiger partial charge >= 0.3 is 0 Å². The quantitative estimate of drug-likeness (QED) is 0.712. The highest BCUT2D eigenvalue weighted by Crippen LogP contribution is 2.14. The summed E-state index contributed by atoms with van der Waals surface area (Å²) >= 11 is 1.64. The molecule has 0 saturated carbocycles. The van der Waals surface area contributed by atoms with Gasteiger partial charge in [-0.15, -0.1) is 11.3 Å². The van der Waals surface area contributed by atoms with E-state index in [1.807, 2.05) is 7.05 Å². The van der Waals surface area contributed by atoms with Crippen LogP contribution in [0.2, 0.25) is 0 Å². The van der Waals surface area contributed by atoms with Crippen molar-refractivity contribution in [3.63, 3.8) is 0 Å². The molecule has 0 aliphatic heterocycles. The maximum absolute atomic E-state index is 5.38. The Morgan fingerprint density at radius 2 is 2.55 bits per heavy atom. The van der Waals surface area contributed by atoms with Crippen LogP contribution in [0.5, 0.6) is 0 Å². The van der Waals surface area contributed by atoms with Crippen molar-refractivity contribution in [1.29, 1.82) is 0 Å². The maximum atomic E-state index is 5.38. The maximum Gasteiger partial charge on any atom is 0.182 e. The number of nitrogens with two attached hydrogens (primary N) is 1. The molecule has 0 spiro atoms. The summed E-state index contributed by atoms with van der Waals surface area (Å²) in [6, 6.07) is 0. The van der Waals surface area contributed by atoms with Gasteiger partial charge in [-0.25, -0.2) is 4.98 Å². The van der Waals surface area contributed by atoms with Crippen molar-refractivity contribution in [3.8, 4) is 0 Å². The summed E-state index contributed by atoms with van der Waals surface area (Å²) in [4.78, 5) is 4.32. The highest BCUT2D eigenvalue weighted by Gasteiger charge is 1.97. The third kappa shape index (κ3) is 2.48. The summed E-state index contributed by atoms with van der Waals surface area (Å²) in [6.45, 7) is 0.742. The Labute approximate surface area is 70.6 Å². The van der Waals surface area contributed by atoms with Gasteiger partial charge in [-0.1, -0.05) is 0 Å². The second kappa shape index (κ2) is 4.31. The molecule has 0 aromatic carbocycles. The zero-order valence-electron chi connectivity index (χ0n) is 6.63. The normalized spacial score (nSPS) is 10.0. The van der Waals surface area contributed by atoms with E-state index in [2.05, 4.69) is 15.7 Å². The van der Waals surface area contributed by atoms with Crippen LogP contribution in [0.15, 0.2) is 5.38 Å². The topological polar surface area (TPSA) is 50.9 Å². The molecule has 3 nitrogen and oxygen atoms in total. The highest BCUT2D eigenvalue weighted by atomic mass is 32.1. The molecule has 4 heteroatoms. The molecular weight excluding hydrogens is 158 g/mol. The fourth-order valence-electron chi connectivity index (χ4n) is 0.820. The molecule has 0 radical (unpaired) electrons. The predicted octanol–water partition coefficient (Wildman–Crippen LogP) is 1.08. The summed E-state index contributed by atoms with van der Waals surface area (Å²) in [5, 5.41) is 6.05. The molecule has 0 aliphatic carbocycles. The van der Waals surface area contributed by atoms with Gasteiger partial charge in [0.2, 0.25) is 0 Å². The molecule has 0 atom stereocenters. The predicted molar refractivity (Wildman–Crippen MR) is 49.0 cm³/mol. The number of nitrogens with one attached hydrogen (secondary N) is 1. The van der Waals surface area contributed by atoms with Gasteiger partial charge in [0, 0.05) is 12.4 Å². The molecule has 1 rings (SSSR count). The summed E-state index contributed by atoms with van der Waals surface area (Å²) < 4.78 is 0. The Morgan fingerprint density at radius 3 is 3.09 bits per heavy atom. The van der Waals surface area contributed by atoms with Gasteiger partial charge in [-0.2, -0.15) is 0 Å². The molecule has 0 saturated heterocycles. The van der Waals surface area contributed by atoms with Gasteiger partial charge in [-0.3, -0.25) is 0 Å². The number of aryl methyl sites for hydroxylation is 1. The Kier molecular flexibility index (Phi) is 3.32. The molecule has 0 aliphatic rings. The van der Waals surface area contributed by atoms with Gasteiger partial charge in [0.1, 0.15) is 0 Å². The first-order valence-electron chi connectivity index (χ1n) is 3.69. The van der Waals surface area contributed by atoms with Crippen molar-refractivity contribution >= 4 is 16.5 Å². The third-order valence-corrected chi connectivity index (χ3v) is 2.31. The van der Waals surface area contributed by atoms with E-state index in [0.29, 0.717) is 0 Å². The first kappa shape index (κ1) is 8.49. The van der Waals surface area contributed by atoms with Crippen LogP contribution < -0.4 is 11.1 Å². The van der Waals surface area contributed by atoms with Crippen molar-refractivity contribution in [1.82, 2.24) is 4.98 Å². The molecular formula is C7H13N3S. The minimum atomic E-state index is 0.742. The standard InChI is InChI=1S/C7H13N3S/c1-9-7-10-6(5-11-7)3-2-4-8/h5H,2-4,8H2,1H3,(H,9,10). The fourth-order valence-corrected chi connectivity index (χ4v) is 1.53. The van der Waals surface area contributed by atoms with Gasteiger partial charge in [0.05, 0.1) is 5.69 Å². The SMILES string of the molecule is CNc1nc(CCCN)cs1. The van der Waals surface area contributed by atoms with Crippen molar-refractivity contribution < 1.29 is 0 Å². The van der Waals surface area contributed by atoms with Crippen LogP contribution in [0.4, 0.5) is 5.13 Å². The number of nitrogens with zero attached hydrogens (tertiary/aromatic N) is 1. The molecule has 3 N–H and O–H groups in total. The number of anilines is 1. The lowest BCUT2D eigenvalue weighted by Crippen LogP contribution is -2.00. The Bertz CT molecular complexity index is 209. The van der Waals surface area contributed by atoms with Crippen LogP contribution >= 0.6 is 11.3 Å². The minimum Gasteiger partial charge on any atom is -0.365 e. The molecule has 0 unspecified atom stereocenters. The lowest BCUT2D eigenvalue weighted by molar-refractivity contribution is 0.816. The third-order valence-electron chi connectivity index (χ3n) is 1.40. The molecule has 62 valence electrons. The number of aromatic nitrogens is 1. The highest BCUT2D eigenvalue weighted by molar-refractivity contribution is 7.13. The van der Waals surface area contributed by atoms with Crippen molar-refractivity contribution in [3.05, 3.63) is 11.1 Å². The molecule has 11 heavy (non-hydrogen) atoms. The second-order valence-corrected chi connectivity index (χ2v) is 3.14. The largest absolute Gasteiger partial charge is 0.365 e. The van der Waals surface area contributed by atoms with E-state index in [1.54, 1.807) is 11.3 Å². The lowest BCUT2D eigenvalue weighted by atomic mass is 10.2. The average molecular weight is 171 g/mol. The molecule has 1 aromatic rings. The number of hydrogen-bond acceptors (Lipinski definition) is 4. The first-order chi connectivity index (χ1) is 5.36. The summed E-state index contributed by atoms with van der Waals surface area (Å²) in [5.74, 6) is 0. The first-order valence-corrected chi connectivity index (χ1v) is 4.57. The van der Waals surface area contributed by atoms with Crippen molar-refractivity contribution in [2.24, 2.45) is 5.73 Å². The van der Waals surface area contributed by atoms with Crippen LogP contribution in [0.3, 0.4) is 0 Å². The molecule has 0 bridgehead atoms. The van der Waals surface area contributed by atoms with E-state index in [-0.39, 0.29) is 0 Å². The zero-order valence-corrected chi connectivity index (χ0v) is 7.45.